The lowest BCUT2D eigenvalue weighted by Gasteiger charge is -1.86. The predicted octanol–water partition coefficient (Wildman–Crippen LogP) is 2.85. The number of carbonyl (C=O) groups is 1. The van der Waals surface area contributed by atoms with Gasteiger partial charge in [0.05, 0.1) is 0 Å². The van der Waals surface area contributed by atoms with Gasteiger partial charge in [-0.25, -0.2) is 4.79 Å². The number of aryl methyl sites for hydroxylation is 1. The Morgan fingerprint density at radius 2 is 2.08 bits per heavy atom. The molecule has 12 heavy (non-hydrogen) atoms. The van der Waals surface area contributed by atoms with Crippen LogP contribution in [0.15, 0.2) is 4.42 Å². The van der Waals surface area contributed by atoms with Gasteiger partial charge in [-0.1, -0.05) is 30.1 Å². The van der Waals surface area contributed by atoms with Crippen molar-refractivity contribution in [3.8, 4) is 0 Å². The Morgan fingerprint density at radius 3 is 2.33 bits per heavy atom. The Morgan fingerprint density at radius 1 is 1.50 bits per heavy atom. The zero-order valence-corrected chi connectivity index (χ0v) is 7.74. The molecule has 0 saturated heterocycles. The summed E-state index contributed by atoms with van der Waals surface area (Å²) < 4.78 is 4.89. The summed E-state index contributed by atoms with van der Waals surface area (Å²) in [6, 6.07) is 0. The fraction of sp³-hybridized carbons (Fsp3) is 0.286. The molecule has 3 nitrogen and oxygen atoms in total. The monoisotopic (exact) mass is 208 g/mol. The molecule has 0 spiro atoms. The molecule has 0 radical (unpaired) electrons. The van der Waals surface area contributed by atoms with Crippen molar-refractivity contribution < 1.29 is 14.3 Å². The molecule has 0 aromatic carbocycles. The van der Waals surface area contributed by atoms with Gasteiger partial charge in [-0.3, -0.25) is 0 Å². The quantitative estimate of drug-likeness (QED) is 0.814. The van der Waals surface area contributed by atoms with Crippen LogP contribution in [0.25, 0.3) is 0 Å². The van der Waals surface area contributed by atoms with Crippen LogP contribution in [0, 0.1) is 0 Å². The van der Waals surface area contributed by atoms with Crippen molar-refractivity contribution in [2.24, 2.45) is 0 Å². The summed E-state index contributed by atoms with van der Waals surface area (Å²) >= 11 is 11.3. The van der Waals surface area contributed by atoms with Gasteiger partial charge in [0.2, 0.25) is 5.76 Å². The second kappa shape index (κ2) is 3.37. The SMILES string of the molecule is CCc1oc(C(=O)O)c(Cl)c1Cl. The van der Waals surface area contributed by atoms with Crippen LogP contribution in [-0.4, -0.2) is 11.1 Å². The maximum absolute atomic E-state index is 10.5. The standard InChI is InChI=1S/C7H6Cl2O3/c1-2-3-4(8)5(9)6(12-3)7(10)11/h2H2,1H3,(H,10,11). The van der Waals surface area contributed by atoms with E-state index in [9.17, 15) is 4.79 Å². The first-order valence-electron chi connectivity index (χ1n) is 3.27. The summed E-state index contributed by atoms with van der Waals surface area (Å²) in [6.45, 7) is 1.80. The molecule has 0 aliphatic heterocycles. The highest BCUT2D eigenvalue weighted by molar-refractivity contribution is 6.44. The molecular formula is C7H6Cl2O3. The number of carboxylic acids is 1. The molecule has 0 unspecified atom stereocenters. The smallest absolute Gasteiger partial charge is 0.373 e. The third kappa shape index (κ3) is 1.42. The van der Waals surface area contributed by atoms with Gasteiger partial charge in [-0.15, -0.1) is 0 Å². The molecule has 0 amide bonds. The lowest BCUT2D eigenvalue weighted by molar-refractivity contribution is 0.0661. The topological polar surface area (TPSA) is 50.4 Å². The van der Waals surface area contributed by atoms with Crippen LogP contribution in [-0.2, 0) is 6.42 Å². The zero-order valence-electron chi connectivity index (χ0n) is 6.23. The van der Waals surface area contributed by atoms with Gasteiger partial charge >= 0.3 is 5.97 Å². The van der Waals surface area contributed by atoms with E-state index in [1.807, 2.05) is 0 Å². The third-order valence-electron chi connectivity index (χ3n) is 1.38. The van der Waals surface area contributed by atoms with Crippen LogP contribution >= 0.6 is 23.2 Å². The van der Waals surface area contributed by atoms with Crippen LogP contribution in [0.3, 0.4) is 0 Å². The average molecular weight is 209 g/mol. The number of hydrogen-bond acceptors (Lipinski definition) is 2. The highest BCUT2D eigenvalue weighted by Crippen LogP contribution is 2.32. The second-order valence-corrected chi connectivity index (χ2v) is 2.90. The Labute approximate surface area is 78.9 Å². The molecule has 0 bridgehead atoms. The molecule has 1 heterocycles. The van der Waals surface area contributed by atoms with E-state index in [0.29, 0.717) is 12.2 Å². The predicted molar refractivity (Wildman–Crippen MR) is 45.1 cm³/mol. The summed E-state index contributed by atoms with van der Waals surface area (Å²) in [7, 11) is 0. The molecule has 1 aromatic heterocycles. The molecule has 66 valence electrons. The minimum atomic E-state index is -1.21. The molecule has 0 fully saturated rings. The van der Waals surface area contributed by atoms with Crippen molar-refractivity contribution >= 4 is 29.2 Å². The van der Waals surface area contributed by atoms with Gasteiger partial charge in [0.15, 0.2) is 0 Å². The molecular weight excluding hydrogens is 203 g/mol. The number of aromatic carboxylic acids is 1. The summed E-state index contributed by atoms with van der Waals surface area (Å²) in [4.78, 5) is 10.5. The maximum Gasteiger partial charge on any atom is 0.373 e. The van der Waals surface area contributed by atoms with Crippen LogP contribution in [0.1, 0.15) is 23.2 Å². The number of furan rings is 1. The highest BCUT2D eigenvalue weighted by atomic mass is 35.5. The second-order valence-electron chi connectivity index (χ2n) is 2.14. The molecule has 0 aliphatic rings. The summed E-state index contributed by atoms with van der Waals surface area (Å²) in [5, 5.41) is 8.73. The van der Waals surface area contributed by atoms with Crippen molar-refractivity contribution in [2.45, 2.75) is 13.3 Å². The van der Waals surface area contributed by atoms with E-state index >= 15 is 0 Å². The van der Waals surface area contributed by atoms with E-state index in [-0.39, 0.29) is 15.8 Å². The third-order valence-corrected chi connectivity index (χ3v) is 2.23. The fourth-order valence-corrected chi connectivity index (χ4v) is 1.28. The van der Waals surface area contributed by atoms with Crippen LogP contribution < -0.4 is 0 Å². The van der Waals surface area contributed by atoms with Gasteiger partial charge in [-0.2, -0.15) is 0 Å². The molecule has 1 N–H and O–H groups in total. The molecule has 1 rings (SSSR count). The number of halogens is 2. The Bertz CT molecular complexity index is 317. The minimum absolute atomic E-state index is 0.0268. The molecule has 5 heteroatoms. The lowest BCUT2D eigenvalue weighted by atomic mass is 10.3. The van der Waals surface area contributed by atoms with Gasteiger partial charge in [0.1, 0.15) is 15.8 Å². The minimum Gasteiger partial charge on any atom is -0.475 e. The van der Waals surface area contributed by atoms with Crippen molar-refractivity contribution in [2.75, 3.05) is 0 Å². The highest BCUT2D eigenvalue weighted by Gasteiger charge is 2.20. The fourth-order valence-electron chi connectivity index (χ4n) is 0.800. The molecule has 1 aromatic rings. The van der Waals surface area contributed by atoms with Gasteiger partial charge in [0.25, 0.3) is 0 Å². The van der Waals surface area contributed by atoms with Crippen molar-refractivity contribution in [1.82, 2.24) is 0 Å². The Hall–Kier alpha value is -0.670. The van der Waals surface area contributed by atoms with Crippen molar-refractivity contribution in [3.63, 3.8) is 0 Å². The molecule has 0 saturated carbocycles. The van der Waals surface area contributed by atoms with E-state index in [4.69, 9.17) is 32.7 Å². The van der Waals surface area contributed by atoms with E-state index in [1.165, 1.54) is 0 Å². The maximum atomic E-state index is 10.5. The van der Waals surface area contributed by atoms with E-state index in [1.54, 1.807) is 6.92 Å². The van der Waals surface area contributed by atoms with Crippen LogP contribution in [0.4, 0.5) is 0 Å². The van der Waals surface area contributed by atoms with Crippen molar-refractivity contribution in [1.29, 1.82) is 0 Å². The first-order chi connectivity index (χ1) is 5.57. The average Bonchev–Trinajstić information content (AvgIpc) is 2.30. The van der Waals surface area contributed by atoms with Gasteiger partial charge < -0.3 is 9.52 Å². The van der Waals surface area contributed by atoms with Crippen LogP contribution in [0.5, 0.6) is 0 Å². The van der Waals surface area contributed by atoms with Crippen LogP contribution in [0.2, 0.25) is 10.0 Å². The van der Waals surface area contributed by atoms with Gasteiger partial charge in [-0.05, 0) is 0 Å². The Balaban J connectivity index is 3.25. The normalized spacial score (nSPS) is 10.2. The van der Waals surface area contributed by atoms with E-state index < -0.39 is 5.97 Å². The summed E-state index contributed by atoms with van der Waals surface area (Å²) in [5.74, 6) is -1.10. The van der Waals surface area contributed by atoms with Crippen molar-refractivity contribution in [3.05, 3.63) is 21.6 Å². The van der Waals surface area contributed by atoms with E-state index in [0.717, 1.165) is 0 Å². The number of carboxylic acid groups (broad SMARTS) is 1. The number of rotatable bonds is 2. The Kier molecular flexibility index (Phi) is 2.65. The summed E-state index contributed by atoms with van der Waals surface area (Å²) in [6.07, 6.45) is 0.520. The number of hydrogen-bond donors (Lipinski definition) is 1. The zero-order chi connectivity index (χ0) is 9.30. The first kappa shape index (κ1) is 9.42. The first-order valence-corrected chi connectivity index (χ1v) is 4.03. The molecule has 0 aliphatic carbocycles. The van der Waals surface area contributed by atoms with Gasteiger partial charge in [0, 0.05) is 6.42 Å². The molecule has 0 atom stereocenters. The lowest BCUT2D eigenvalue weighted by Crippen LogP contribution is -1.93. The summed E-state index contributed by atoms with van der Waals surface area (Å²) in [5.41, 5.74) is 0. The largest absolute Gasteiger partial charge is 0.475 e. The van der Waals surface area contributed by atoms with E-state index in [2.05, 4.69) is 0 Å².